The number of hydrogen-bond acceptors (Lipinski definition) is 9. The predicted molar refractivity (Wildman–Crippen MR) is 203 cm³/mol. The van der Waals surface area contributed by atoms with Gasteiger partial charge in [-0.3, -0.25) is 25.6 Å². The molecule has 0 radical (unpaired) electrons. The molecule has 2 aromatic carbocycles. The van der Waals surface area contributed by atoms with E-state index in [1.54, 1.807) is 0 Å². The van der Waals surface area contributed by atoms with E-state index in [1.807, 2.05) is 60.9 Å². The van der Waals surface area contributed by atoms with Crippen LogP contribution in [0.25, 0.3) is 0 Å². The molecule has 0 amide bonds. The Hall–Kier alpha value is -4.35. The molecule has 2 aliphatic heterocycles. The Morgan fingerprint density at radius 2 is 1.04 bits per heavy atom. The third-order valence-electron chi connectivity index (χ3n) is 9.03. The average Bonchev–Trinajstić information content (AvgIpc) is 3.70. The van der Waals surface area contributed by atoms with Crippen LogP contribution < -0.4 is 20.1 Å². The van der Waals surface area contributed by atoms with Gasteiger partial charge in [-0.05, 0) is 84.3 Å². The molecule has 0 bridgehead atoms. The van der Waals surface area contributed by atoms with Crippen LogP contribution in [-0.4, -0.2) is 61.9 Å². The van der Waals surface area contributed by atoms with Gasteiger partial charge in [0.05, 0.1) is 13.2 Å². The Kier molecular flexibility index (Phi) is 12.1. The first kappa shape index (κ1) is 35.5. The quantitative estimate of drug-likeness (QED) is 0.107. The van der Waals surface area contributed by atoms with Gasteiger partial charge in [0, 0.05) is 47.1 Å². The van der Waals surface area contributed by atoms with E-state index in [4.69, 9.17) is 20.3 Å². The van der Waals surface area contributed by atoms with Crippen molar-refractivity contribution >= 4 is 39.6 Å². The molecular weight excluding hydrogens is 665 g/mol. The Bertz CT molecular complexity index is 1620. The lowest BCUT2D eigenvalue weighted by molar-refractivity contribution is -0.122. The summed E-state index contributed by atoms with van der Waals surface area (Å²) in [5, 5.41) is 23.3. The molecule has 50 heavy (non-hydrogen) atoms. The van der Waals surface area contributed by atoms with Crippen molar-refractivity contribution in [2.75, 3.05) is 13.2 Å². The Morgan fingerprint density at radius 3 is 1.40 bits per heavy atom. The largest absolute Gasteiger partial charge is 0.493 e. The van der Waals surface area contributed by atoms with Crippen LogP contribution in [0.1, 0.15) is 47.5 Å². The number of carbonyl (C=O) groups is 1. The molecule has 2 fully saturated rings. The van der Waals surface area contributed by atoms with Gasteiger partial charge < -0.3 is 20.1 Å². The van der Waals surface area contributed by atoms with Crippen LogP contribution in [0.2, 0.25) is 0 Å². The highest BCUT2D eigenvalue weighted by Crippen LogP contribution is 2.33. The van der Waals surface area contributed by atoms with E-state index < -0.39 is 12.1 Å². The fourth-order valence-corrected chi connectivity index (χ4v) is 8.30. The van der Waals surface area contributed by atoms with Gasteiger partial charge in [-0.15, -0.1) is 0 Å². The summed E-state index contributed by atoms with van der Waals surface area (Å²) in [6.45, 7) is 5.32. The number of ether oxygens (including phenoxy) is 2. The summed E-state index contributed by atoms with van der Waals surface area (Å²) in [5.41, 5.74) is 6.62. The Balaban J connectivity index is 0.999. The number of thioether (sulfide) groups is 2. The molecule has 4 heterocycles. The number of Topliss-reactive ketones (excluding diaryl/α,β-unsaturated/α-hetero) is 1. The summed E-state index contributed by atoms with van der Waals surface area (Å²) in [5.74, 6) is 1.57. The normalized spacial score (nSPS) is 20.0. The van der Waals surface area contributed by atoms with E-state index in [0.29, 0.717) is 36.4 Å². The molecule has 4 unspecified atom stereocenters. The molecule has 0 saturated carbocycles. The van der Waals surface area contributed by atoms with Crippen molar-refractivity contribution < 1.29 is 14.3 Å². The zero-order valence-electron chi connectivity index (χ0n) is 28.5. The maximum absolute atomic E-state index is 14.0. The number of aryl methyl sites for hydroxylation is 2. The number of benzene rings is 2. The summed E-state index contributed by atoms with van der Waals surface area (Å²) in [6, 6.07) is 23.3. The number of rotatable bonds is 16. The van der Waals surface area contributed by atoms with Crippen LogP contribution in [-0.2, 0) is 43.3 Å². The minimum Gasteiger partial charge on any atom is -0.493 e. The lowest BCUT2D eigenvalue weighted by Gasteiger charge is -2.24. The predicted octanol–water partition coefficient (Wildman–Crippen LogP) is 6.22. The van der Waals surface area contributed by atoms with Crippen molar-refractivity contribution in [2.24, 2.45) is 0 Å². The second-order valence-electron chi connectivity index (χ2n) is 12.5. The maximum Gasteiger partial charge on any atom is 0.179 e. The zero-order valence-corrected chi connectivity index (χ0v) is 30.1. The first-order valence-corrected chi connectivity index (χ1v) is 19.0. The first-order chi connectivity index (χ1) is 24.4. The lowest BCUT2D eigenvalue weighted by Crippen LogP contribution is -2.52. The molecule has 2 aromatic heterocycles. The molecule has 4 aromatic rings. The minimum atomic E-state index is -0.523. The van der Waals surface area contributed by atoms with E-state index >= 15 is 0 Å². The van der Waals surface area contributed by atoms with Crippen molar-refractivity contribution in [3.8, 4) is 11.5 Å². The summed E-state index contributed by atoms with van der Waals surface area (Å²) >= 11 is 2.79. The van der Waals surface area contributed by atoms with Crippen molar-refractivity contribution in [1.29, 1.82) is 10.8 Å². The van der Waals surface area contributed by atoms with Gasteiger partial charge >= 0.3 is 0 Å². The Labute approximate surface area is 302 Å². The van der Waals surface area contributed by atoms with Gasteiger partial charge in [0.1, 0.15) is 23.6 Å². The second kappa shape index (κ2) is 17.0. The SMILES string of the molecule is CCc1ccc(CCOc2ccc(CC3SC(=N)NC3C(=O)C3NC(=N)SC3Cc3ccc(OCCc4ccc(CC)cn4)cc3)cc2)nc1. The van der Waals surface area contributed by atoms with Gasteiger partial charge in [0.25, 0.3) is 0 Å². The van der Waals surface area contributed by atoms with Crippen molar-refractivity contribution in [3.63, 3.8) is 0 Å². The first-order valence-electron chi connectivity index (χ1n) is 17.2. The summed E-state index contributed by atoms with van der Waals surface area (Å²) in [6.07, 6.45) is 8.54. The molecule has 0 spiro atoms. The highest BCUT2D eigenvalue weighted by Gasteiger charge is 2.45. The molecule has 4 atom stereocenters. The highest BCUT2D eigenvalue weighted by molar-refractivity contribution is 8.15. The molecular formula is C39H44N6O3S2. The fourth-order valence-electron chi connectivity index (χ4n) is 6.08. The van der Waals surface area contributed by atoms with Gasteiger partial charge in [-0.2, -0.15) is 0 Å². The minimum absolute atomic E-state index is 0.00874. The molecule has 0 aliphatic carbocycles. The van der Waals surface area contributed by atoms with Crippen LogP contribution in [0, 0.1) is 10.8 Å². The third kappa shape index (κ3) is 9.45. The van der Waals surface area contributed by atoms with Crippen LogP contribution >= 0.6 is 23.5 Å². The summed E-state index contributed by atoms with van der Waals surface area (Å²) < 4.78 is 11.9. The number of nitrogens with zero attached hydrogens (tertiary/aromatic N) is 2. The van der Waals surface area contributed by atoms with E-state index in [1.165, 1.54) is 34.7 Å². The van der Waals surface area contributed by atoms with Crippen LogP contribution in [0.5, 0.6) is 11.5 Å². The van der Waals surface area contributed by atoms with Gasteiger partial charge in [0.15, 0.2) is 16.1 Å². The van der Waals surface area contributed by atoms with Crippen molar-refractivity contribution in [1.82, 2.24) is 20.6 Å². The third-order valence-corrected chi connectivity index (χ3v) is 11.2. The van der Waals surface area contributed by atoms with E-state index in [-0.39, 0.29) is 16.3 Å². The van der Waals surface area contributed by atoms with E-state index in [9.17, 15) is 4.79 Å². The number of carbonyl (C=O) groups excluding carboxylic acids is 1. The standard InChI is InChI=1S/C39H44N6O3S2/c1-3-25-5-11-29(42-23-25)17-19-47-31-13-7-27(8-14-31)21-33-35(44-38(40)49-33)37(46)36-34(50-39(41)45-36)22-28-9-15-32(16-10-28)48-20-18-30-12-6-26(4-2)24-43-30/h5-16,23-24,33-36H,3-4,17-22H2,1-2H3,(H2,40,44)(H2,41,45). The summed E-state index contributed by atoms with van der Waals surface area (Å²) in [4.78, 5) is 23.0. The van der Waals surface area contributed by atoms with Crippen LogP contribution in [0.15, 0.2) is 85.2 Å². The topological polar surface area (TPSA) is 133 Å². The number of hydrogen-bond donors (Lipinski definition) is 4. The molecule has 2 saturated heterocycles. The second-order valence-corrected chi connectivity index (χ2v) is 15.0. The number of aromatic nitrogens is 2. The van der Waals surface area contributed by atoms with Crippen molar-refractivity contribution in [3.05, 3.63) is 119 Å². The number of amidine groups is 2. The fraction of sp³-hybridized carbons (Fsp3) is 0.359. The highest BCUT2D eigenvalue weighted by atomic mass is 32.2. The number of nitrogens with one attached hydrogen (secondary N) is 4. The smallest absolute Gasteiger partial charge is 0.179 e. The van der Waals surface area contributed by atoms with Gasteiger partial charge in [-0.1, -0.05) is 73.8 Å². The zero-order chi connectivity index (χ0) is 34.9. The number of pyridine rings is 2. The monoisotopic (exact) mass is 708 g/mol. The molecule has 2 aliphatic rings. The number of ketones is 1. The molecule has 4 N–H and O–H groups in total. The average molecular weight is 709 g/mol. The van der Waals surface area contributed by atoms with Crippen LogP contribution in [0.3, 0.4) is 0 Å². The van der Waals surface area contributed by atoms with Crippen molar-refractivity contribution in [2.45, 2.75) is 75.0 Å². The Morgan fingerprint density at radius 1 is 0.640 bits per heavy atom. The summed E-state index contributed by atoms with van der Waals surface area (Å²) in [7, 11) is 0. The van der Waals surface area contributed by atoms with E-state index in [0.717, 1.165) is 59.7 Å². The van der Waals surface area contributed by atoms with Gasteiger partial charge in [-0.25, -0.2) is 0 Å². The molecule has 9 nitrogen and oxygen atoms in total. The molecule has 11 heteroatoms. The molecule has 260 valence electrons. The van der Waals surface area contributed by atoms with E-state index in [2.05, 4.69) is 58.7 Å². The molecule has 6 rings (SSSR count). The lowest BCUT2D eigenvalue weighted by atomic mass is 9.93. The van der Waals surface area contributed by atoms with Crippen LogP contribution in [0.4, 0.5) is 0 Å². The van der Waals surface area contributed by atoms with Gasteiger partial charge in [0.2, 0.25) is 0 Å². The maximum atomic E-state index is 14.0.